The van der Waals surface area contributed by atoms with Gasteiger partial charge in [-0.15, -0.1) is 0 Å². The van der Waals surface area contributed by atoms with Crippen molar-refractivity contribution in [3.63, 3.8) is 0 Å². The maximum Gasteiger partial charge on any atom is 0.407 e. The zero-order valence-corrected chi connectivity index (χ0v) is 17.7. The number of carboxylic acid groups (broad SMARTS) is 1. The van der Waals surface area contributed by atoms with Crippen molar-refractivity contribution in [1.82, 2.24) is 10.6 Å². The summed E-state index contributed by atoms with van der Waals surface area (Å²) in [6, 6.07) is 14.0. The van der Waals surface area contributed by atoms with Gasteiger partial charge >= 0.3 is 18.0 Å². The molecule has 2 amide bonds. The Labute approximate surface area is 189 Å². The van der Waals surface area contributed by atoms with Crippen LogP contribution in [0.15, 0.2) is 48.5 Å². The van der Waals surface area contributed by atoms with E-state index in [0.717, 1.165) is 35.1 Å². The largest absolute Gasteiger partial charge is 0.480 e. The molecule has 1 unspecified atom stereocenters. The van der Waals surface area contributed by atoms with Crippen LogP contribution in [0.1, 0.15) is 36.3 Å². The molecule has 33 heavy (non-hydrogen) atoms. The van der Waals surface area contributed by atoms with Crippen LogP contribution in [0.5, 0.6) is 0 Å². The third-order valence-electron chi connectivity index (χ3n) is 6.00. The zero-order valence-electron chi connectivity index (χ0n) is 17.7. The molecule has 174 valence electrons. The number of carbonyl (C=O) groups is 3. The Morgan fingerprint density at radius 3 is 2.15 bits per heavy atom. The number of benzene rings is 2. The van der Waals surface area contributed by atoms with Gasteiger partial charge in [0.1, 0.15) is 12.6 Å². The van der Waals surface area contributed by atoms with E-state index >= 15 is 0 Å². The minimum absolute atomic E-state index is 0.0555. The van der Waals surface area contributed by atoms with Crippen LogP contribution in [0, 0.1) is 5.92 Å². The number of nitrogens with one attached hydrogen (secondary N) is 2. The molecule has 0 saturated heterocycles. The second-order valence-corrected chi connectivity index (χ2v) is 8.43. The highest BCUT2D eigenvalue weighted by atomic mass is 19.3. The molecule has 1 saturated carbocycles. The topological polar surface area (TPSA) is 105 Å². The lowest BCUT2D eigenvalue weighted by atomic mass is 9.98. The molecule has 2 aliphatic carbocycles. The van der Waals surface area contributed by atoms with Gasteiger partial charge in [0, 0.05) is 5.92 Å². The van der Waals surface area contributed by atoms with Crippen molar-refractivity contribution in [2.45, 2.75) is 37.1 Å². The smallest absolute Gasteiger partial charge is 0.407 e. The van der Waals surface area contributed by atoms with E-state index in [9.17, 15) is 23.2 Å². The summed E-state index contributed by atoms with van der Waals surface area (Å²) in [6.45, 7) is -1.36. The number of aliphatic carboxylic acids is 1. The monoisotopic (exact) mass is 458 g/mol. The van der Waals surface area contributed by atoms with Gasteiger partial charge in [-0.05, 0) is 34.6 Å². The van der Waals surface area contributed by atoms with Gasteiger partial charge in [-0.1, -0.05) is 61.4 Å². The lowest BCUT2D eigenvalue weighted by molar-refractivity contribution is -0.150. The normalized spacial score (nSPS) is 15.8. The second kappa shape index (κ2) is 9.17. The molecule has 2 aromatic rings. The summed E-state index contributed by atoms with van der Waals surface area (Å²) < 4.78 is 33.6. The maximum atomic E-state index is 14.2. The maximum absolute atomic E-state index is 14.2. The average Bonchev–Trinajstić information content (AvgIpc) is 3.56. The van der Waals surface area contributed by atoms with Crippen LogP contribution in [0.4, 0.5) is 13.6 Å². The van der Waals surface area contributed by atoms with Gasteiger partial charge in [-0.2, -0.15) is 8.78 Å². The summed E-state index contributed by atoms with van der Waals surface area (Å²) in [7, 11) is 0. The van der Waals surface area contributed by atoms with Crippen LogP contribution in [0.2, 0.25) is 0 Å². The number of ether oxygens (including phenoxy) is 1. The molecule has 2 aliphatic rings. The fourth-order valence-corrected chi connectivity index (χ4v) is 4.09. The first kappa shape index (κ1) is 22.7. The number of carboxylic acids is 1. The minimum Gasteiger partial charge on any atom is -0.480 e. The summed E-state index contributed by atoms with van der Waals surface area (Å²) in [5.41, 5.74) is 4.02. The molecule has 7 nitrogen and oxygen atoms in total. The van der Waals surface area contributed by atoms with Crippen LogP contribution < -0.4 is 10.6 Å². The highest BCUT2D eigenvalue weighted by Gasteiger charge is 2.42. The Bertz CT molecular complexity index is 1020. The Hall–Kier alpha value is -3.49. The lowest BCUT2D eigenvalue weighted by Crippen LogP contribution is -2.52. The Kier molecular flexibility index (Phi) is 6.31. The number of hydrogen-bond acceptors (Lipinski definition) is 4. The molecule has 0 aromatic heterocycles. The fourth-order valence-electron chi connectivity index (χ4n) is 4.09. The molecule has 1 fully saturated rings. The Morgan fingerprint density at radius 1 is 1.03 bits per heavy atom. The van der Waals surface area contributed by atoms with Crippen LogP contribution in [-0.2, 0) is 14.3 Å². The van der Waals surface area contributed by atoms with Crippen molar-refractivity contribution in [3.8, 4) is 11.1 Å². The molecular weight excluding hydrogens is 434 g/mol. The highest BCUT2D eigenvalue weighted by molar-refractivity contribution is 5.88. The fraction of sp³-hybridized carbons (Fsp3) is 0.375. The van der Waals surface area contributed by atoms with E-state index in [-0.39, 0.29) is 24.9 Å². The van der Waals surface area contributed by atoms with E-state index in [2.05, 4.69) is 0 Å². The van der Waals surface area contributed by atoms with E-state index in [1.165, 1.54) is 0 Å². The first-order chi connectivity index (χ1) is 15.8. The van der Waals surface area contributed by atoms with E-state index in [1.54, 1.807) is 0 Å². The van der Waals surface area contributed by atoms with Gasteiger partial charge in [0.2, 0.25) is 0 Å². The number of alkyl carbamates (subject to hydrolysis) is 1. The summed E-state index contributed by atoms with van der Waals surface area (Å²) in [5, 5.41) is 12.9. The van der Waals surface area contributed by atoms with Crippen LogP contribution >= 0.6 is 0 Å². The first-order valence-electron chi connectivity index (χ1n) is 10.8. The third-order valence-corrected chi connectivity index (χ3v) is 6.00. The van der Waals surface area contributed by atoms with Crippen molar-refractivity contribution in [2.24, 2.45) is 5.92 Å². The summed E-state index contributed by atoms with van der Waals surface area (Å²) >= 11 is 0. The standard InChI is InChI=1S/C24H24F2N2O5/c25-24(26,22(31)28-20(21(29)30)11-14-9-10-14)13-27-23(32)33-12-19-17-7-3-1-5-15(17)16-6-2-4-8-18(16)19/h1-8,14,19-20H,9-13H2,(H,27,32)(H,28,31)(H,29,30). The van der Waals surface area contributed by atoms with Crippen LogP contribution in [-0.4, -0.2) is 48.2 Å². The number of fused-ring (bicyclic) bond motifs is 3. The third kappa shape index (κ3) is 5.13. The summed E-state index contributed by atoms with van der Waals surface area (Å²) in [6.07, 6.45) is 0.660. The predicted molar refractivity (Wildman–Crippen MR) is 115 cm³/mol. The van der Waals surface area contributed by atoms with Crippen molar-refractivity contribution in [3.05, 3.63) is 59.7 Å². The first-order valence-corrected chi connectivity index (χ1v) is 10.8. The molecule has 4 rings (SSSR count). The molecule has 9 heteroatoms. The molecule has 0 aliphatic heterocycles. The number of halogens is 2. The molecule has 0 bridgehead atoms. The number of rotatable bonds is 9. The van der Waals surface area contributed by atoms with E-state index < -0.39 is 36.5 Å². The number of carbonyl (C=O) groups excluding carboxylic acids is 2. The predicted octanol–water partition coefficient (Wildman–Crippen LogP) is 3.53. The van der Waals surface area contributed by atoms with Crippen molar-refractivity contribution in [2.75, 3.05) is 13.2 Å². The SMILES string of the molecule is O=C(NCC(F)(F)C(=O)NC(CC1CC1)C(=O)O)OCC1c2ccccc2-c2ccccc21. The molecule has 3 N–H and O–H groups in total. The van der Waals surface area contributed by atoms with Crippen molar-refractivity contribution in [1.29, 1.82) is 0 Å². The second-order valence-electron chi connectivity index (χ2n) is 8.43. The van der Waals surface area contributed by atoms with Gasteiger partial charge in [-0.3, -0.25) is 4.79 Å². The zero-order chi connectivity index (χ0) is 23.6. The Balaban J connectivity index is 1.31. The average molecular weight is 458 g/mol. The molecule has 2 aromatic carbocycles. The van der Waals surface area contributed by atoms with E-state index in [1.807, 2.05) is 59.2 Å². The summed E-state index contributed by atoms with van der Waals surface area (Å²) in [5.74, 6) is -7.20. The van der Waals surface area contributed by atoms with Gasteiger partial charge < -0.3 is 20.5 Å². The summed E-state index contributed by atoms with van der Waals surface area (Å²) in [4.78, 5) is 35.2. The van der Waals surface area contributed by atoms with Gasteiger partial charge in [0.05, 0.1) is 6.54 Å². The van der Waals surface area contributed by atoms with E-state index in [0.29, 0.717) is 0 Å². The minimum atomic E-state index is -3.98. The van der Waals surface area contributed by atoms with Gasteiger partial charge in [0.15, 0.2) is 0 Å². The van der Waals surface area contributed by atoms with Crippen molar-refractivity contribution >= 4 is 18.0 Å². The Morgan fingerprint density at radius 2 is 1.61 bits per heavy atom. The molecular formula is C24H24F2N2O5. The molecule has 1 atom stereocenters. The molecule has 0 radical (unpaired) electrons. The number of hydrogen-bond donors (Lipinski definition) is 3. The van der Waals surface area contributed by atoms with Crippen LogP contribution in [0.3, 0.4) is 0 Å². The van der Waals surface area contributed by atoms with Gasteiger partial charge in [0.25, 0.3) is 5.91 Å². The highest BCUT2D eigenvalue weighted by Crippen LogP contribution is 2.44. The lowest BCUT2D eigenvalue weighted by Gasteiger charge is -2.20. The van der Waals surface area contributed by atoms with Crippen LogP contribution in [0.25, 0.3) is 11.1 Å². The van der Waals surface area contributed by atoms with E-state index in [4.69, 9.17) is 9.84 Å². The van der Waals surface area contributed by atoms with Gasteiger partial charge in [-0.25, -0.2) is 9.59 Å². The number of amides is 2. The molecule has 0 heterocycles. The van der Waals surface area contributed by atoms with Crippen molar-refractivity contribution < 1.29 is 33.0 Å². The quantitative estimate of drug-likeness (QED) is 0.533. The molecule has 0 spiro atoms. The number of alkyl halides is 2.